The predicted molar refractivity (Wildman–Crippen MR) is 91.5 cm³/mol. The first-order chi connectivity index (χ1) is 10.3. The lowest BCUT2D eigenvalue weighted by molar-refractivity contribution is 0.163. The molecule has 1 atom stereocenters. The molecule has 0 heterocycles. The highest BCUT2D eigenvalue weighted by Crippen LogP contribution is 2.10. The van der Waals surface area contributed by atoms with E-state index in [-0.39, 0.29) is 6.10 Å². The van der Waals surface area contributed by atoms with Crippen LogP contribution in [0.25, 0.3) is 0 Å². The zero-order valence-electron chi connectivity index (χ0n) is 13.9. The van der Waals surface area contributed by atoms with Gasteiger partial charge < -0.3 is 5.11 Å². The van der Waals surface area contributed by atoms with E-state index in [0.29, 0.717) is 6.54 Å². The molecule has 1 N–H and O–H groups in total. The van der Waals surface area contributed by atoms with Crippen molar-refractivity contribution in [1.82, 2.24) is 0 Å². The molecule has 0 aromatic carbocycles. The Morgan fingerprint density at radius 1 is 0.905 bits per heavy atom. The summed E-state index contributed by atoms with van der Waals surface area (Å²) in [7, 11) is 0. The first-order valence-electron chi connectivity index (χ1n) is 8.93. The van der Waals surface area contributed by atoms with Gasteiger partial charge in [-0.2, -0.15) is 4.91 Å². The van der Waals surface area contributed by atoms with Gasteiger partial charge in [0.05, 0.1) is 12.6 Å². The lowest BCUT2D eigenvalue weighted by Gasteiger charge is -2.07. The fraction of sp³-hybridized carbons (Fsp3) is 0.889. The maximum atomic E-state index is 9.90. The Bertz CT molecular complexity index is 241. The minimum Gasteiger partial charge on any atom is -0.393 e. The molecule has 0 fully saturated rings. The van der Waals surface area contributed by atoms with Crippen molar-refractivity contribution < 1.29 is 5.11 Å². The van der Waals surface area contributed by atoms with E-state index in [1.54, 1.807) is 0 Å². The average Bonchev–Trinajstić information content (AvgIpc) is 2.49. The summed E-state index contributed by atoms with van der Waals surface area (Å²) < 4.78 is 0. The maximum absolute atomic E-state index is 9.90. The van der Waals surface area contributed by atoms with E-state index in [1.165, 1.54) is 44.9 Å². The van der Waals surface area contributed by atoms with Crippen molar-refractivity contribution in [3.05, 3.63) is 17.1 Å². The van der Waals surface area contributed by atoms with Crippen molar-refractivity contribution in [2.24, 2.45) is 5.18 Å². The Morgan fingerprint density at radius 3 is 2.29 bits per heavy atom. The van der Waals surface area contributed by atoms with Crippen LogP contribution in [0.2, 0.25) is 0 Å². The monoisotopic (exact) mass is 297 g/mol. The molecule has 3 heteroatoms. The Kier molecular flexibility index (Phi) is 16.8. The van der Waals surface area contributed by atoms with Gasteiger partial charge in [0.2, 0.25) is 0 Å². The van der Waals surface area contributed by atoms with Gasteiger partial charge in [0.1, 0.15) is 0 Å². The van der Waals surface area contributed by atoms with Crippen LogP contribution in [0.4, 0.5) is 0 Å². The molecule has 0 aliphatic carbocycles. The number of unbranched alkanes of at least 4 members (excludes halogenated alkanes) is 9. The van der Waals surface area contributed by atoms with Crippen LogP contribution >= 0.6 is 0 Å². The second-order valence-electron chi connectivity index (χ2n) is 5.97. The average molecular weight is 297 g/mol. The molecule has 0 saturated carbocycles. The Balaban J connectivity index is 3.22. The number of hydrogen-bond acceptors (Lipinski definition) is 3. The first kappa shape index (κ1) is 20.3. The topological polar surface area (TPSA) is 49.7 Å². The fourth-order valence-corrected chi connectivity index (χ4v) is 2.44. The van der Waals surface area contributed by atoms with Gasteiger partial charge in [-0.25, -0.2) is 0 Å². The molecule has 0 aromatic rings. The molecule has 0 rings (SSSR count). The van der Waals surface area contributed by atoms with Crippen LogP contribution in [0.15, 0.2) is 17.3 Å². The van der Waals surface area contributed by atoms with E-state index in [4.69, 9.17) is 0 Å². The molecular formula is C18H35NO2. The summed E-state index contributed by atoms with van der Waals surface area (Å²) in [5, 5.41) is 12.7. The van der Waals surface area contributed by atoms with Crippen LogP contribution in [0.3, 0.4) is 0 Å². The van der Waals surface area contributed by atoms with Crippen molar-refractivity contribution in [3.8, 4) is 0 Å². The zero-order valence-corrected chi connectivity index (χ0v) is 13.9. The van der Waals surface area contributed by atoms with Gasteiger partial charge in [-0.3, -0.25) is 0 Å². The predicted octanol–water partition coefficient (Wildman–Crippen LogP) is 5.76. The third kappa shape index (κ3) is 17.2. The standard InChI is InChI=1S/C18H35NO2/c1-2-3-4-12-15-18(20)16-13-10-8-6-5-7-9-11-14-17-19-21/h10,13,18,20H,2-9,11-12,14-17H2,1H3/b13-10-. The van der Waals surface area contributed by atoms with Crippen LogP contribution < -0.4 is 0 Å². The number of allylic oxidation sites excluding steroid dienone is 1. The maximum Gasteiger partial charge on any atom is 0.0811 e. The SMILES string of the molecule is CCCCCCC(O)C/C=C\CCCCCCCCN=O. The van der Waals surface area contributed by atoms with Crippen LogP contribution in [0.5, 0.6) is 0 Å². The molecule has 21 heavy (non-hydrogen) atoms. The number of nitroso groups, excluding NO2 is 1. The molecule has 1 unspecified atom stereocenters. The van der Waals surface area contributed by atoms with Gasteiger partial charge in [-0.05, 0) is 32.1 Å². The summed E-state index contributed by atoms with van der Waals surface area (Å²) in [6, 6.07) is 0. The lowest BCUT2D eigenvalue weighted by Crippen LogP contribution is -2.04. The normalized spacial score (nSPS) is 12.9. The summed E-state index contributed by atoms with van der Waals surface area (Å²) in [4.78, 5) is 9.90. The van der Waals surface area contributed by atoms with Gasteiger partial charge in [-0.1, -0.05) is 75.6 Å². The molecule has 0 spiro atoms. The molecule has 0 aliphatic rings. The highest BCUT2D eigenvalue weighted by molar-refractivity contribution is 4.83. The van der Waals surface area contributed by atoms with Gasteiger partial charge >= 0.3 is 0 Å². The molecule has 0 aromatic heterocycles. The highest BCUT2D eigenvalue weighted by Gasteiger charge is 2.00. The second-order valence-corrected chi connectivity index (χ2v) is 5.97. The number of aliphatic hydroxyl groups excluding tert-OH is 1. The molecule has 3 nitrogen and oxygen atoms in total. The van der Waals surface area contributed by atoms with Crippen molar-refractivity contribution in [2.75, 3.05) is 6.54 Å². The second kappa shape index (κ2) is 17.4. The largest absolute Gasteiger partial charge is 0.393 e. The van der Waals surface area contributed by atoms with Crippen LogP contribution in [-0.4, -0.2) is 17.8 Å². The summed E-state index contributed by atoms with van der Waals surface area (Å²) in [5.74, 6) is 0. The van der Waals surface area contributed by atoms with Gasteiger partial charge in [0.25, 0.3) is 0 Å². The van der Waals surface area contributed by atoms with Crippen LogP contribution in [0.1, 0.15) is 90.4 Å². The van der Waals surface area contributed by atoms with E-state index in [2.05, 4.69) is 24.3 Å². The zero-order chi connectivity index (χ0) is 15.6. The smallest absolute Gasteiger partial charge is 0.0811 e. The van der Waals surface area contributed by atoms with E-state index in [1.807, 2.05) is 0 Å². The van der Waals surface area contributed by atoms with Crippen molar-refractivity contribution in [2.45, 2.75) is 96.5 Å². The number of aliphatic hydroxyl groups is 1. The number of rotatable bonds is 16. The third-order valence-electron chi connectivity index (χ3n) is 3.84. The van der Waals surface area contributed by atoms with Crippen LogP contribution in [0, 0.1) is 4.91 Å². The molecule has 0 amide bonds. The Hall–Kier alpha value is -0.700. The lowest BCUT2D eigenvalue weighted by atomic mass is 10.1. The third-order valence-corrected chi connectivity index (χ3v) is 3.84. The van der Waals surface area contributed by atoms with Gasteiger partial charge in [0.15, 0.2) is 0 Å². The summed E-state index contributed by atoms with van der Waals surface area (Å²) in [6.07, 6.45) is 19.1. The number of nitrogens with zero attached hydrogens (tertiary/aromatic N) is 1. The first-order valence-corrected chi connectivity index (χ1v) is 8.93. The minimum absolute atomic E-state index is 0.149. The van der Waals surface area contributed by atoms with Crippen LogP contribution in [-0.2, 0) is 0 Å². The molecule has 124 valence electrons. The molecular weight excluding hydrogens is 262 g/mol. The van der Waals surface area contributed by atoms with Crippen molar-refractivity contribution in [1.29, 1.82) is 0 Å². The summed E-state index contributed by atoms with van der Waals surface area (Å²) >= 11 is 0. The fourth-order valence-electron chi connectivity index (χ4n) is 2.44. The molecule has 0 bridgehead atoms. The van der Waals surface area contributed by atoms with E-state index in [9.17, 15) is 10.0 Å². The van der Waals surface area contributed by atoms with Crippen molar-refractivity contribution in [3.63, 3.8) is 0 Å². The van der Waals surface area contributed by atoms with E-state index < -0.39 is 0 Å². The van der Waals surface area contributed by atoms with Gasteiger partial charge in [-0.15, -0.1) is 0 Å². The van der Waals surface area contributed by atoms with Crippen molar-refractivity contribution >= 4 is 0 Å². The summed E-state index contributed by atoms with van der Waals surface area (Å²) in [6.45, 7) is 2.69. The van der Waals surface area contributed by atoms with E-state index in [0.717, 1.165) is 38.5 Å². The number of hydrogen-bond donors (Lipinski definition) is 1. The Labute approximate surface area is 131 Å². The Morgan fingerprint density at radius 2 is 1.57 bits per heavy atom. The van der Waals surface area contributed by atoms with Gasteiger partial charge in [0, 0.05) is 0 Å². The molecule has 0 aliphatic heterocycles. The quantitative estimate of drug-likeness (QED) is 0.224. The molecule has 0 saturated heterocycles. The van der Waals surface area contributed by atoms with E-state index >= 15 is 0 Å². The summed E-state index contributed by atoms with van der Waals surface area (Å²) in [5.41, 5.74) is 0. The molecule has 0 radical (unpaired) electrons. The minimum atomic E-state index is -0.149. The highest BCUT2D eigenvalue weighted by atomic mass is 16.3.